The average molecular weight is 182 g/mol. The van der Waals surface area contributed by atoms with E-state index in [1.165, 1.54) is 32.4 Å². The van der Waals surface area contributed by atoms with E-state index < -0.39 is 0 Å². The molecule has 1 heterocycles. The van der Waals surface area contributed by atoms with E-state index in [9.17, 15) is 0 Å². The second-order valence-electron chi connectivity index (χ2n) is 4.88. The molecule has 0 aromatic rings. The Morgan fingerprint density at radius 1 is 1.38 bits per heavy atom. The summed E-state index contributed by atoms with van der Waals surface area (Å²) in [4.78, 5) is 2.63. The van der Waals surface area contributed by atoms with Gasteiger partial charge in [-0.15, -0.1) is 0 Å². The van der Waals surface area contributed by atoms with Gasteiger partial charge in [0.2, 0.25) is 0 Å². The lowest BCUT2D eigenvalue weighted by Gasteiger charge is -2.24. The number of rotatable bonds is 2. The van der Waals surface area contributed by atoms with Gasteiger partial charge in [-0.05, 0) is 38.0 Å². The second kappa shape index (κ2) is 3.58. The van der Waals surface area contributed by atoms with Crippen LogP contribution in [0.15, 0.2) is 0 Å². The van der Waals surface area contributed by atoms with Crippen LogP contribution < -0.4 is 5.73 Å². The molecule has 1 aliphatic heterocycles. The summed E-state index contributed by atoms with van der Waals surface area (Å²) in [5, 5.41) is 0. The fraction of sp³-hybridized carbons (Fsp3) is 1.00. The third-order valence-electron chi connectivity index (χ3n) is 4.15. The Morgan fingerprint density at radius 2 is 2.15 bits per heavy atom. The van der Waals surface area contributed by atoms with Gasteiger partial charge in [0.05, 0.1) is 0 Å². The van der Waals surface area contributed by atoms with E-state index in [0.717, 1.165) is 17.9 Å². The smallest absolute Gasteiger partial charge is 0.00826 e. The summed E-state index contributed by atoms with van der Waals surface area (Å²) < 4.78 is 0. The van der Waals surface area contributed by atoms with Gasteiger partial charge in [-0.1, -0.05) is 6.92 Å². The molecule has 0 spiro atoms. The number of hydrogen-bond donors (Lipinski definition) is 1. The van der Waals surface area contributed by atoms with Gasteiger partial charge in [0, 0.05) is 25.2 Å². The first-order chi connectivity index (χ1) is 6.22. The van der Waals surface area contributed by atoms with Gasteiger partial charge in [-0.25, -0.2) is 0 Å². The SMILES string of the molecule is CCC(C)N1CC2CCC(N)C2C1. The van der Waals surface area contributed by atoms with Crippen molar-refractivity contribution in [1.29, 1.82) is 0 Å². The Morgan fingerprint density at radius 3 is 2.77 bits per heavy atom. The molecule has 2 rings (SSSR count). The predicted molar refractivity (Wildman–Crippen MR) is 55.5 cm³/mol. The summed E-state index contributed by atoms with van der Waals surface area (Å²) in [5.74, 6) is 1.73. The van der Waals surface area contributed by atoms with Crippen LogP contribution in [0, 0.1) is 11.8 Å². The molecule has 76 valence electrons. The zero-order valence-electron chi connectivity index (χ0n) is 8.87. The quantitative estimate of drug-likeness (QED) is 0.700. The summed E-state index contributed by atoms with van der Waals surface area (Å²) in [5.41, 5.74) is 6.10. The van der Waals surface area contributed by atoms with Crippen molar-refractivity contribution in [3.05, 3.63) is 0 Å². The van der Waals surface area contributed by atoms with Crippen molar-refractivity contribution in [3.63, 3.8) is 0 Å². The standard InChI is InChI=1S/C11H22N2/c1-3-8(2)13-6-9-4-5-11(12)10(9)7-13/h8-11H,3-7,12H2,1-2H3. The van der Waals surface area contributed by atoms with Gasteiger partial charge >= 0.3 is 0 Å². The molecule has 0 bridgehead atoms. The molecule has 2 fully saturated rings. The largest absolute Gasteiger partial charge is 0.327 e. The van der Waals surface area contributed by atoms with Crippen LogP contribution in [0.4, 0.5) is 0 Å². The maximum atomic E-state index is 6.10. The predicted octanol–water partition coefficient (Wildman–Crippen LogP) is 1.45. The van der Waals surface area contributed by atoms with Gasteiger partial charge in [-0.2, -0.15) is 0 Å². The molecule has 0 radical (unpaired) electrons. The van der Waals surface area contributed by atoms with Gasteiger partial charge in [-0.3, -0.25) is 0 Å². The molecule has 0 amide bonds. The Kier molecular flexibility index (Phi) is 2.61. The van der Waals surface area contributed by atoms with Crippen LogP contribution in [0.1, 0.15) is 33.1 Å². The van der Waals surface area contributed by atoms with Crippen molar-refractivity contribution in [2.75, 3.05) is 13.1 Å². The fourth-order valence-corrected chi connectivity index (χ4v) is 2.96. The van der Waals surface area contributed by atoms with E-state index in [-0.39, 0.29) is 0 Å². The van der Waals surface area contributed by atoms with Gasteiger partial charge in [0.15, 0.2) is 0 Å². The number of fused-ring (bicyclic) bond motifs is 1. The fourth-order valence-electron chi connectivity index (χ4n) is 2.96. The summed E-state index contributed by atoms with van der Waals surface area (Å²) in [6.07, 6.45) is 3.91. The normalized spacial score (nSPS) is 42.2. The van der Waals surface area contributed by atoms with Crippen LogP contribution in [-0.2, 0) is 0 Å². The Hall–Kier alpha value is -0.0800. The zero-order chi connectivity index (χ0) is 9.42. The molecule has 0 aromatic heterocycles. The monoisotopic (exact) mass is 182 g/mol. The minimum absolute atomic E-state index is 0.499. The first kappa shape index (κ1) is 9.47. The molecule has 2 nitrogen and oxygen atoms in total. The number of nitrogens with two attached hydrogens (primary N) is 1. The number of likely N-dealkylation sites (tertiary alicyclic amines) is 1. The van der Waals surface area contributed by atoms with E-state index in [1.54, 1.807) is 0 Å². The van der Waals surface area contributed by atoms with Crippen LogP contribution in [0.3, 0.4) is 0 Å². The van der Waals surface area contributed by atoms with Crippen LogP contribution >= 0.6 is 0 Å². The van der Waals surface area contributed by atoms with Crippen molar-refractivity contribution < 1.29 is 0 Å². The number of hydrogen-bond acceptors (Lipinski definition) is 2. The molecule has 0 aromatic carbocycles. The average Bonchev–Trinajstić information content (AvgIpc) is 2.67. The molecule has 1 aliphatic carbocycles. The molecule has 1 saturated carbocycles. The van der Waals surface area contributed by atoms with Crippen LogP contribution in [0.2, 0.25) is 0 Å². The third kappa shape index (κ3) is 1.62. The van der Waals surface area contributed by atoms with Crippen LogP contribution in [-0.4, -0.2) is 30.1 Å². The Balaban J connectivity index is 1.94. The Bertz CT molecular complexity index is 181. The van der Waals surface area contributed by atoms with E-state index >= 15 is 0 Å². The third-order valence-corrected chi connectivity index (χ3v) is 4.15. The summed E-state index contributed by atoms with van der Waals surface area (Å²) in [7, 11) is 0. The van der Waals surface area contributed by atoms with E-state index in [2.05, 4.69) is 18.7 Å². The maximum absolute atomic E-state index is 6.10. The van der Waals surface area contributed by atoms with Crippen molar-refractivity contribution >= 4 is 0 Å². The molecular weight excluding hydrogens is 160 g/mol. The molecule has 2 aliphatic rings. The summed E-state index contributed by atoms with van der Waals surface area (Å²) >= 11 is 0. The van der Waals surface area contributed by atoms with E-state index in [4.69, 9.17) is 5.73 Å². The zero-order valence-corrected chi connectivity index (χ0v) is 8.87. The minimum atomic E-state index is 0.499. The lowest BCUT2D eigenvalue weighted by Crippen LogP contribution is -2.34. The lowest BCUT2D eigenvalue weighted by atomic mass is 9.98. The topological polar surface area (TPSA) is 29.3 Å². The molecule has 2 N–H and O–H groups in total. The van der Waals surface area contributed by atoms with E-state index in [0.29, 0.717) is 6.04 Å². The highest BCUT2D eigenvalue weighted by atomic mass is 15.2. The molecule has 13 heavy (non-hydrogen) atoms. The van der Waals surface area contributed by atoms with E-state index in [1.807, 2.05) is 0 Å². The van der Waals surface area contributed by atoms with Crippen molar-refractivity contribution in [2.24, 2.45) is 17.6 Å². The lowest BCUT2D eigenvalue weighted by molar-refractivity contribution is 0.231. The minimum Gasteiger partial charge on any atom is -0.327 e. The van der Waals surface area contributed by atoms with Crippen LogP contribution in [0.5, 0.6) is 0 Å². The van der Waals surface area contributed by atoms with Gasteiger partial charge in [0.25, 0.3) is 0 Å². The van der Waals surface area contributed by atoms with Gasteiger partial charge < -0.3 is 10.6 Å². The van der Waals surface area contributed by atoms with Gasteiger partial charge in [0.1, 0.15) is 0 Å². The molecule has 2 heteroatoms. The first-order valence-corrected chi connectivity index (χ1v) is 5.72. The second-order valence-corrected chi connectivity index (χ2v) is 4.88. The van der Waals surface area contributed by atoms with Crippen molar-refractivity contribution in [2.45, 2.75) is 45.2 Å². The Labute approximate surface area is 81.5 Å². The highest BCUT2D eigenvalue weighted by Crippen LogP contribution is 2.37. The summed E-state index contributed by atoms with van der Waals surface area (Å²) in [6, 6.07) is 1.26. The molecular formula is C11H22N2. The highest BCUT2D eigenvalue weighted by molar-refractivity contribution is 4.96. The van der Waals surface area contributed by atoms with Crippen LogP contribution in [0.25, 0.3) is 0 Å². The maximum Gasteiger partial charge on any atom is 0.00826 e. The van der Waals surface area contributed by atoms with Crippen molar-refractivity contribution in [1.82, 2.24) is 4.90 Å². The number of nitrogens with zero attached hydrogens (tertiary/aromatic N) is 1. The molecule has 4 atom stereocenters. The van der Waals surface area contributed by atoms with Crippen molar-refractivity contribution in [3.8, 4) is 0 Å². The summed E-state index contributed by atoms with van der Waals surface area (Å²) in [6.45, 7) is 7.19. The first-order valence-electron chi connectivity index (χ1n) is 5.72. The molecule has 1 saturated heterocycles. The molecule has 4 unspecified atom stereocenters. The highest BCUT2D eigenvalue weighted by Gasteiger charge is 2.41.